The summed E-state index contributed by atoms with van der Waals surface area (Å²) < 4.78 is 22.1. The Labute approximate surface area is 131 Å². The first-order valence-electron chi connectivity index (χ1n) is 7.43. The van der Waals surface area contributed by atoms with Crippen molar-refractivity contribution in [2.75, 3.05) is 13.4 Å². The first-order valence-corrected chi connectivity index (χ1v) is 7.43. The Kier molecular flexibility index (Phi) is 4.52. The number of ether oxygens (including phenoxy) is 4. The zero-order chi connectivity index (χ0) is 15.6. The van der Waals surface area contributed by atoms with Crippen molar-refractivity contribution in [1.29, 1.82) is 0 Å². The predicted molar refractivity (Wildman–Crippen MR) is 79.1 cm³/mol. The van der Waals surface area contributed by atoms with Gasteiger partial charge < -0.3 is 18.9 Å². The van der Waals surface area contributed by atoms with Crippen LogP contribution in [-0.2, 0) is 30.3 Å². The average molecular weight is 302 g/mol. The van der Waals surface area contributed by atoms with Crippen LogP contribution in [0.1, 0.15) is 18.9 Å². The number of hydrogen-bond donors (Lipinski definition) is 0. The molecular formula is C16H19BO5. The molecule has 0 amide bonds. The molecule has 4 atom stereocenters. The van der Waals surface area contributed by atoms with E-state index in [1.165, 1.54) is 0 Å². The van der Waals surface area contributed by atoms with Gasteiger partial charge in [0.2, 0.25) is 0 Å². The summed E-state index contributed by atoms with van der Waals surface area (Å²) >= 11 is 0. The number of carbonyl (C=O) groups excluding carboxylic acids is 1. The van der Waals surface area contributed by atoms with Gasteiger partial charge in [0.05, 0.1) is 19.1 Å². The molecule has 2 radical (unpaired) electrons. The van der Waals surface area contributed by atoms with Crippen molar-refractivity contribution in [3.8, 4) is 0 Å². The molecule has 0 spiro atoms. The lowest BCUT2D eigenvalue weighted by Crippen LogP contribution is -2.42. The second-order valence-corrected chi connectivity index (χ2v) is 5.86. The summed E-state index contributed by atoms with van der Waals surface area (Å²) in [6.07, 6.45) is -0.154. The van der Waals surface area contributed by atoms with Crippen LogP contribution in [0.3, 0.4) is 0 Å². The Morgan fingerprint density at radius 1 is 1.41 bits per heavy atom. The van der Waals surface area contributed by atoms with Crippen LogP contribution in [0.5, 0.6) is 0 Å². The Morgan fingerprint density at radius 3 is 2.95 bits per heavy atom. The van der Waals surface area contributed by atoms with Crippen LogP contribution in [0.4, 0.5) is 0 Å². The maximum atomic E-state index is 12.2. The fraction of sp³-hybridized carbons (Fsp3) is 0.562. The van der Waals surface area contributed by atoms with Gasteiger partial charge >= 0.3 is 5.97 Å². The maximum Gasteiger partial charge on any atom is 0.309 e. The number of hydrogen-bond acceptors (Lipinski definition) is 5. The molecule has 1 aromatic rings. The van der Waals surface area contributed by atoms with Gasteiger partial charge in [-0.25, -0.2) is 0 Å². The lowest BCUT2D eigenvalue weighted by Gasteiger charge is -2.30. The van der Waals surface area contributed by atoms with Crippen molar-refractivity contribution in [3.63, 3.8) is 0 Å². The van der Waals surface area contributed by atoms with Gasteiger partial charge in [0.15, 0.2) is 0 Å². The van der Waals surface area contributed by atoms with Gasteiger partial charge in [-0.05, 0) is 5.56 Å². The van der Waals surface area contributed by atoms with Crippen molar-refractivity contribution < 1.29 is 23.7 Å². The molecular weight excluding hydrogens is 283 g/mol. The molecule has 1 unspecified atom stereocenters. The van der Waals surface area contributed by atoms with E-state index in [0.29, 0.717) is 0 Å². The molecule has 2 heterocycles. The van der Waals surface area contributed by atoms with Crippen LogP contribution in [-0.4, -0.2) is 44.9 Å². The Hall–Kier alpha value is -1.37. The van der Waals surface area contributed by atoms with E-state index in [0.717, 1.165) is 5.56 Å². The molecule has 6 heteroatoms. The Bertz CT molecular complexity index is 523. The third-order valence-electron chi connectivity index (χ3n) is 4.39. The fourth-order valence-electron chi connectivity index (χ4n) is 3.06. The van der Waals surface area contributed by atoms with Crippen LogP contribution in [0.15, 0.2) is 30.3 Å². The number of fused-ring (bicyclic) bond motifs is 2. The van der Waals surface area contributed by atoms with Crippen LogP contribution in [0.25, 0.3) is 0 Å². The lowest BCUT2D eigenvalue weighted by molar-refractivity contribution is -0.168. The highest BCUT2D eigenvalue weighted by Crippen LogP contribution is 2.41. The highest BCUT2D eigenvalue weighted by Gasteiger charge is 2.54. The lowest BCUT2D eigenvalue weighted by atomic mass is 9.81. The maximum absolute atomic E-state index is 12.2. The van der Waals surface area contributed by atoms with Crippen LogP contribution >= 0.6 is 0 Å². The van der Waals surface area contributed by atoms with Gasteiger partial charge in [0.25, 0.3) is 0 Å². The molecule has 116 valence electrons. The first-order chi connectivity index (χ1) is 10.6. The smallest absolute Gasteiger partial charge is 0.309 e. The van der Waals surface area contributed by atoms with Gasteiger partial charge in [-0.3, -0.25) is 4.79 Å². The van der Waals surface area contributed by atoms with Gasteiger partial charge in [-0.1, -0.05) is 37.3 Å². The molecule has 2 fully saturated rings. The summed E-state index contributed by atoms with van der Waals surface area (Å²) in [6.45, 7) is 2.67. The highest BCUT2D eigenvalue weighted by atomic mass is 16.7. The number of carbonyl (C=O) groups is 1. The summed E-state index contributed by atoms with van der Waals surface area (Å²) in [7, 11) is 5.95. The standard InChI is InChI=1S/C16H19BO5/c1-11-14-15(17)22-16(11,9-19-10-21-14)7-13(18)20-8-12-5-3-2-4-6-12/h2-6,11,14-15H,7-10H2,1H3/t11?,14-,15+,16-/m0/s1. The summed E-state index contributed by atoms with van der Waals surface area (Å²) in [6, 6.07) is 9.02. The normalized spacial score (nSPS) is 34.1. The van der Waals surface area contributed by atoms with Crippen molar-refractivity contribution in [2.24, 2.45) is 5.92 Å². The van der Waals surface area contributed by atoms with Crippen molar-refractivity contribution >= 4 is 13.8 Å². The van der Waals surface area contributed by atoms with E-state index >= 15 is 0 Å². The molecule has 0 aromatic heterocycles. The molecule has 1 aromatic carbocycles. The van der Waals surface area contributed by atoms with Crippen molar-refractivity contribution in [2.45, 2.75) is 37.7 Å². The summed E-state index contributed by atoms with van der Waals surface area (Å²) in [5, 5.41) is 0. The third-order valence-corrected chi connectivity index (χ3v) is 4.39. The second kappa shape index (κ2) is 6.40. The van der Waals surface area contributed by atoms with Crippen molar-refractivity contribution in [3.05, 3.63) is 35.9 Å². The minimum atomic E-state index is -0.769. The molecule has 2 aliphatic rings. The van der Waals surface area contributed by atoms with Crippen LogP contribution in [0, 0.1) is 5.92 Å². The topological polar surface area (TPSA) is 54.0 Å². The Morgan fingerprint density at radius 2 is 2.18 bits per heavy atom. The molecule has 22 heavy (non-hydrogen) atoms. The number of benzene rings is 1. The quantitative estimate of drug-likeness (QED) is 0.621. The van der Waals surface area contributed by atoms with E-state index in [1.807, 2.05) is 37.3 Å². The Balaban J connectivity index is 1.62. The largest absolute Gasteiger partial charge is 0.461 e. The number of rotatable bonds is 4. The van der Waals surface area contributed by atoms with Crippen LogP contribution < -0.4 is 0 Å². The van der Waals surface area contributed by atoms with E-state index in [9.17, 15) is 4.79 Å². The summed E-state index contributed by atoms with van der Waals surface area (Å²) in [5.74, 6) is -0.358. The number of esters is 1. The molecule has 0 saturated carbocycles. The van der Waals surface area contributed by atoms with Gasteiger partial charge in [0, 0.05) is 11.9 Å². The fourth-order valence-corrected chi connectivity index (χ4v) is 3.06. The molecule has 3 rings (SSSR count). The van der Waals surface area contributed by atoms with E-state index in [4.69, 9.17) is 26.8 Å². The third kappa shape index (κ3) is 3.04. The highest BCUT2D eigenvalue weighted by molar-refractivity contribution is 6.11. The average Bonchev–Trinajstić information content (AvgIpc) is 2.63. The van der Waals surface area contributed by atoms with Crippen LogP contribution in [0.2, 0.25) is 0 Å². The first kappa shape index (κ1) is 15.5. The second-order valence-electron chi connectivity index (χ2n) is 5.86. The molecule has 2 bridgehead atoms. The SMILES string of the molecule is [B][C@@H]1O[C@@]2(CC(=O)OCc3ccccc3)COCO[C@H]1C2C. The van der Waals surface area contributed by atoms with Gasteiger partial charge in [-0.2, -0.15) is 0 Å². The predicted octanol–water partition coefficient (Wildman–Crippen LogP) is 1.39. The molecule has 0 N–H and O–H groups in total. The van der Waals surface area contributed by atoms with E-state index in [2.05, 4.69) is 0 Å². The van der Waals surface area contributed by atoms with Gasteiger partial charge in [-0.15, -0.1) is 0 Å². The zero-order valence-electron chi connectivity index (χ0n) is 12.6. The van der Waals surface area contributed by atoms with E-state index in [-0.39, 0.29) is 44.4 Å². The minimum absolute atomic E-state index is 0.0331. The minimum Gasteiger partial charge on any atom is -0.461 e. The molecule has 2 aliphatic heterocycles. The monoisotopic (exact) mass is 302 g/mol. The summed E-state index contributed by atoms with van der Waals surface area (Å²) in [5.41, 5.74) is 0.178. The van der Waals surface area contributed by atoms with Crippen molar-refractivity contribution in [1.82, 2.24) is 0 Å². The summed E-state index contributed by atoms with van der Waals surface area (Å²) in [4.78, 5) is 12.2. The zero-order valence-corrected chi connectivity index (χ0v) is 12.6. The van der Waals surface area contributed by atoms with E-state index < -0.39 is 11.6 Å². The van der Waals surface area contributed by atoms with Gasteiger partial charge in [0.1, 0.15) is 26.8 Å². The molecule has 0 aliphatic carbocycles. The molecule has 2 saturated heterocycles. The molecule has 5 nitrogen and oxygen atoms in total. The van der Waals surface area contributed by atoms with E-state index in [1.54, 1.807) is 0 Å².